The van der Waals surface area contributed by atoms with Crippen LogP contribution in [0, 0.1) is 0 Å². The quantitative estimate of drug-likeness (QED) is 0.851. The van der Waals surface area contributed by atoms with E-state index in [9.17, 15) is 0 Å². The summed E-state index contributed by atoms with van der Waals surface area (Å²) in [5, 5.41) is 4.78. The summed E-state index contributed by atoms with van der Waals surface area (Å²) < 4.78 is 0. The van der Waals surface area contributed by atoms with E-state index in [0.29, 0.717) is 12.0 Å². The van der Waals surface area contributed by atoms with Crippen LogP contribution in [-0.2, 0) is 0 Å². The fourth-order valence-corrected chi connectivity index (χ4v) is 3.13. The minimum atomic E-state index is 0.626. The van der Waals surface area contributed by atoms with Crippen LogP contribution in [0.5, 0.6) is 0 Å². The van der Waals surface area contributed by atoms with Crippen molar-refractivity contribution in [2.75, 3.05) is 7.05 Å². The van der Waals surface area contributed by atoms with E-state index >= 15 is 0 Å². The number of rotatable bonds is 2. The highest BCUT2D eigenvalue weighted by Gasteiger charge is 2.28. The van der Waals surface area contributed by atoms with E-state index in [-0.39, 0.29) is 0 Å². The van der Waals surface area contributed by atoms with Crippen LogP contribution >= 0.6 is 0 Å². The zero-order valence-corrected chi connectivity index (χ0v) is 10.2. The van der Waals surface area contributed by atoms with Gasteiger partial charge in [0.15, 0.2) is 0 Å². The first-order chi connectivity index (χ1) is 8.40. The van der Waals surface area contributed by atoms with Gasteiger partial charge in [-0.25, -0.2) is 0 Å². The molecule has 0 radical (unpaired) electrons. The maximum Gasteiger partial charge on any atom is 0.0704 e. The van der Waals surface area contributed by atoms with Crippen LogP contribution in [0.3, 0.4) is 0 Å². The van der Waals surface area contributed by atoms with Crippen molar-refractivity contribution in [2.24, 2.45) is 0 Å². The van der Waals surface area contributed by atoms with Crippen molar-refractivity contribution >= 4 is 10.9 Å². The summed E-state index contributed by atoms with van der Waals surface area (Å²) in [6, 6.07) is 11.4. The van der Waals surface area contributed by atoms with Crippen LogP contribution in [-0.4, -0.2) is 18.1 Å². The molecule has 2 unspecified atom stereocenters. The number of likely N-dealkylation sites (N-methyl/N-ethyl adjacent to an activating group) is 1. The molecule has 2 heteroatoms. The minimum absolute atomic E-state index is 0.626. The third kappa shape index (κ3) is 1.83. The Bertz CT molecular complexity index is 516. The summed E-state index contributed by atoms with van der Waals surface area (Å²) in [5.74, 6) is 0.646. The van der Waals surface area contributed by atoms with Gasteiger partial charge in [-0.3, -0.25) is 4.98 Å². The third-order valence-corrected chi connectivity index (χ3v) is 3.97. The molecule has 2 nitrogen and oxygen atoms in total. The molecule has 0 spiro atoms. The van der Waals surface area contributed by atoms with Gasteiger partial charge in [-0.15, -0.1) is 0 Å². The Labute approximate surface area is 102 Å². The third-order valence-electron chi connectivity index (χ3n) is 3.97. The van der Waals surface area contributed by atoms with Crippen molar-refractivity contribution in [3.63, 3.8) is 0 Å². The minimum Gasteiger partial charge on any atom is -0.316 e. The fourth-order valence-electron chi connectivity index (χ4n) is 3.13. The van der Waals surface area contributed by atoms with Gasteiger partial charge in [0.2, 0.25) is 0 Å². The van der Waals surface area contributed by atoms with Crippen LogP contribution in [0.25, 0.3) is 10.9 Å². The molecule has 2 aromatic rings. The van der Waals surface area contributed by atoms with Gasteiger partial charge >= 0.3 is 0 Å². The number of nitrogens with one attached hydrogen (secondary N) is 1. The number of hydrogen-bond acceptors (Lipinski definition) is 2. The summed E-state index contributed by atoms with van der Waals surface area (Å²) >= 11 is 0. The van der Waals surface area contributed by atoms with E-state index in [1.54, 1.807) is 0 Å². The number of benzene rings is 1. The summed E-state index contributed by atoms with van der Waals surface area (Å²) in [6.45, 7) is 0. The number of aromatic nitrogens is 1. The molecule has 1 N–H and O–H groups in total. The first kappa shape index (κ1) is 10.7. The van der Waals surface area contributed by atoms with Crippen molar-refractivity contribution in [1.29, 1.82) is 0 Å². The highest BCUT2D eigenvalue weighted by atomic mass is 14.9. The molecule has 0 bridgehead atoms. The Morgan fingerprint density at radius 3 is 3.00 bits per heavy atom. The second-order valence-electron chi connectivity index (χ2n) is 4.85. The van der Waals surface area contributed by atoms with Crippen molar-refractivity contribution in [1.82, 2.24) is 10.3 Å². The molecular formula is C15H18N2. The molecule has 0 saturated heterocycles. The van der Waals surface area contributed by atoms with Crippen molar-refractivity contribution in [2.45, 2.75) is 31.2 Å². The largest absolute Gasteiger partial charge is 0.316 e. The predicted molar refractivity (Wildman–Crippen MR) is 71.2 cm³/mol. The van der Waals surface area contributed by atoms with Gasteiger partial charge in [0.1, 0.15) is 0 Å². The van der Waals surface area contributed by atoms with Gasteiger partial charge in [0.05, 0.1) is 5.52 Å². The Hall–Kier alpha value is -1.41. The van der Waals surface area contributed by atoms with Crippen LogP contribution in [0.4, 0.5) is 0 Å². The van der Waals surface area contributed by atoms with Crippen molar-refractivity contribution in [3.8, 4) is 0 Å². The molecule has 17 heavy (non-hydrogen) atoms. The Morgan fingerprint density at radius 2 is 2.12 bits per heavy atom. The monoisotopic (exact) mass is 226 g/mol. The molecule has 1 aliphatic carbocycles. The Morgan fingerprint density at radius 1 is 1.18 bits per heavy atom. The van der Waals surface area contributed by atoms with Crippen LogP contribution < -0.4 is 5.32 Å². The zero-order chi connectivity index (χ0) is 11.7. The lowest BCUT2D eigenvalue weighted by Crippen LogP contribution is -2.27. The second kappa shape index (κ2) is 4.46. The van der Waals surface area contributed by atoms with Gasteiger partial charge in [-0.1, -0.05) is 24.6 Å². The van der Waals surface area contributed by atoms with Gasteiger partial charge in [0.25, 0.3) is 0 Å². The molecule has 3 rings (SSSR count). The molecule has 1 aromatic carbocycles. The lowest BCUT2D eigenvalue weighted by atomic mass is 9.91. The average Bonchev–Trinajstić information content (AvgIpc) is 2.86. The molecule has 0 amide bonds. The molecular weight excluding hydrogens is 208 g/mol. The molecule has 1 saturated carbocycles. The Kier molecular flexibility index (Phi) is 2.81. The molecule has 1 heterocycles. The Balaban J connectivity index is 2.10. The maximum atomic E-state index is 4.44. The first-order valence-electron chi connectivity index (χ1n) is 6.41. The summed E-state index contributed by atoms with van der Waals surface area (Å²) in [6.07, 6.45) is 5.78. The first-order valence-corrected chi connectivity index (χ1v) is 6.41. The molecule has 1 fully saturated rings. The van der Waals surface area contributed by atoms with Gasteiger partial charge in [-0.2, -0.15) is 0 Å². The smallest absolute Gasteiger partial charge is 0.0704 e. The molecule has 1 aromatic heterocycles. The van der Waals surface area contributed by atoms with E-state index in [4.69, 9.17) is 0 Å². The normalized spacial score (nSPS) is 24.3. The molecule has 88 valence electrons. The van der Waals surface area contributed by atoms with Crippen LogP contribution in [0.2, 0.25) is 0 Å². The number of nitrogens with zero attached hydrogens (tertiary/aromatic N) is 1. The van der Waals surface area contributed by atoms with E-state index < -0.39 is 0 Å². The summed E-state index contributed by atoms with van der Waals surface area (Å²) in [4.78, 5) is 4.44. The van der Waals surface area contributed by atoms with E-state index in [0.717, 1.165) is 5.52 Å². The molecule has 1 aliphatic rings. The fraction of sp³-hybridized carbons (Fsp3) is 0.400. The van der Waals surface area contributed by atoms with Gasteiger partial charge < -0.3 is 5.32 Å². The second-order valence-corrected chi connectivity index (χ2v) is 4.85. The highest BCUT2D eigenvalue weighted by molar-refractivity contribution is 5.82. The number of hydrogen-bond donors (Lipinski definition) is 1. The predicted octanol–water partition coefficient (Wildman–Crippen LogP) is 3.09. The highest BCUT2D eigenvalue weighted by Crippen LogP contribution is 2.37. The van der Waals surface area contributed by atoms with Crippen molar-refractivity contribution in [3.05, 3.63) is 42.1 Å². The van der Waals surface area contributed by atoms with Gasteiger partial charge in [0, 0.05) is 17.6 Å². The SMILES string of the molecule is CNC1CCCC1c1cccc2ncccc12. The van der Waals surface area contributed by atoms with E-state index in [1.807, 2.05) is 12.3 Å². The maximum absolute atomic E-state index is 4.44. The topological polar surface area (TPSA) is 24.9 Å². The molecule has 0 aliphatic heterocycles. The van der Waals surface area contributed by atoms with E-state index in [2.05, 4.69) is 41.6 Å². The number of fused-ring (bicyclic) bond motifs is 1. The standard InChI is InChI=1S/C15H18N2/c1-16-14-8-3-6-12(14)11-5-2-9-15-13(11)7-4-10-17-15/h2,4-5,7,9-10,12,14,16H,3,6,8H2,1H3. The lowest BCUT2D eigenvalue weighted by molar-refractivity contribution is 0.524. The summed E-state index contributed by atoms with van der Waals surface area (Å²) in [7, 11) is 2.08. The van der Waals surface area contributed by atoms with Crippen molar-refractivity contribution < 1.29 is 0 Å². The lowest BCUT2D eigenvalue weighted by Gasteiger charge is -2.20. The summed E-state index contributed by atoms with van der Waals surface area (Å²) in [5.41, 5.74) is 2.58. The molecule has 2 atom stereocenters. The zero-order valence-electron chi connectivity index (χ0n) is 10.2. The van der Waals surface area contributed by atoms with Gasteiger partial charge in [-0.05, 0) is 43.5 Å². The van der Waals surface area contributed by atoms with Crippen LogP contribution in [0.1, 0.15) is 30.7 Å². The van der Waals surface area contributed by atoms with E-state index in [1.165, 1.54) is 30.2 Å². The number of pyridine rings is 1. The van der Waals surface area contributed by atoms with Crippen LogP contribution in [0.15, 0.2) is 36.5 Å². The average molecular weight is 226 g/mol.